The first kappa shape index (κ1) is 14.5. The van der Waals surface area contributed by atoms with Crippen molar-refractivity contribution in [2.45, 2.75) is 17.7 Å². The minimum absolute atomic E-state index is 0.264. The number of sulfonamides is 1. The third-order valence-corrected chi connectivity index (χ3v) is 6.01. The Kier molecular flexibility index (Phi) is 4.29. The van der Waals surface area contributed by atoms with Crippen LogP contribution in [0.25, 0.3) is 0 Å². The lowest BCUT2D eigenvalue weighted by Crippen LogP contribution is -2.12. The minimum atomic E-state index is -3.55. The Hall–Kier alpha value is -0.890. The van der Waals surface area contributed by atoms with E-state index >= 15 is 0 Å². The molecule has 1 aromatic heterocycles. The van der Waals surface area contributed by atoms with Crippen LogP contribution in [0.3, 0.4) is 0 Å². The fourth-order valence-corrected chi connectivity index (χ4v) is 4.52. The predicted octanol–water partition coefficient (Wildman–Crippen LogP) is 3.08. The molecule has 0 aliphatic heterocycles. The van der Waals surface area contributed by atoms with Crippen molar-refractivity contribution < 1.29 is 8.42 Å². The number of halogens is 1. The van der Waals surface area contributed by atoms with Gasteiger partial charge < -0.3 is 5.73 Å². The van der Waals surface area contributed by atoms with Gasteiger partial charge in [-0.1, -0.05) is 6.07 Å². The van der Waals surface area contributed by atoms with Crippen molar-refractivity contribution in [2.24, 2.45) is 5.73 Å². The van der Waals surface area contributed by atoms with E-state index in [4.69, 9.17) is 5.73 Å². The number of thiophene rings is 1. The van der Waals surface area contributed by atoms with Crippen molar-refractivity contribution in [2.75, 3.05) is 4.72 Å². The molecule has 0 saturated carbocycles. The quantitative estimate of drug-likeness (QED) is 0.879. The number of aryl methyl sites for hydroxylation is 1. The summed E-state index contributed by atoms with van der Waals surface area (Å²) in [4.78, 5) is 0. The molecule has 3 N–H and O–H groups in total. The predicted molar refractivity (Wildman–Crippen MR) is 81.9 cm³/mol. The first-order valence-corrected chi connectivity index (χ1v) is 8.64. The summed E-state index contributed by atoms with van der Waals surface area (Å²) in [5.41, 5.74) is 7.87. The highest BCUT2D eigenvalue weighted by Crippen LogP contribution is 2.28. The van der Waals surface area contributed by atoms with E-state index in [0.29, 0.717) is 16.7 Å². The van der Waals surface area contributed by atoms with Crippen LogP contribution in [0.2, 0.25) is 0 Å². The molecule has 0 radical (unpaired) electrons. The van der Waals surface area contributed by atoms with E-state index in [9.17, 15) is 8.42 Å². The van der Waals surface area contributed by atoms with Crippen LogP contribution in [-0.2, 0) is 16.6 Å². The SMILES string of the molecule is Cc1ccc(NS(=O)(=O)c2cc(CN)cs2)c(Br)c1. The van der Waals surface area contributed by atoms with E-state index in [0.717, 1.165) is 22.5 Å². The Morgan fingerprint density at radius 3 is 2.68 bits per heavy atom. The molecule has 1 heterocycles. The molecule has 7 heteroatoms. The van der Waals surface area contributed by atoms with Gasteiger partial charge in [0.15, 0.2) is 0 Å². The second kappa shape index (κ2) is 5.62. The monoisotopic (exact) mass is 360 g/mol. The third-order valence-electron chi connectivity index (χ3n) is 2.50. The maximum atomic E-state index is 12.2. The fourth-order valence-electron chi connectivity index (χ4n) is 1.50. The molecule has 102 valence electrons. The maximum absolute atomic E-state index is 12.2. The smallest absolute Gasteiger partial charge is 0.271 e. The number of hydrogen-bond donors (Lipinski definition) is 2. The number of nitrogens with two attached hydrogens (primary N) is 1. The molecule has 0 saturated heterocycles. The zero-order chi connectivity index (χ0) is 14.0. The van der Waals surface area contributed by atoms with Crippen molar-refractivity contribution in [3.8, 4) is 0 Å². The molecular formula is C12H13BrN2O2S2. The van der Waals surface area contributed by atoms with Crippen LogP contribution in [0.1, 0.15) is 11.1 Å². The van der Waals surface area contributed by atoms with Crippen LogP contribution in [0.5, 0.6) is 0 Å². The number of anilines is 1. The second-order valence-corrected chi connectivity index (χ2v) is 7.74. The summed E-state index contributed by atoms with van der Waals surface area (Å²) in [5.74, 6) is 0. The summed E-state index contributed by atoms with van der Waals surface area (Å²) in [6.07, 6.45) is 0. The Labute approximate surface area is 124 Å². The van der Waals surface area contributed by atoms with Crippen molar-refractivity contribution >= 4 is 43.0 Å². The van der Waals surface area contributed by atoms with Crippen LogP contribution in [0.4, 0.5) is 5.69 Å². The Balaban J connectivity index is 2.30. The highest BCUT2D eigenvalue weighted by molar-refractivity contribution is 9.10. The first-order chi connectivity index (χ1) is 8.92. The van der Waals surface area contributed by atoms with Gasteiger partial charge in [0.2, 0.25) is 0 Å². The number of nitrogens with one attached hydrogen (secondary N) is 1. The van der Waals surface area contributed by atoms with E-state index in [1.54, 1.807) is 17.5 Å². The van der Waals surface area contributed by atoms with E-state index in [2.05, 4.69) is 20.7 Å². The summed E-state index contributed by atoms with van der Waals surface area (Å²) >= 11 is 4.51. The largest absolute Gasteiger partial charge is 0.326 e. The molecule has 0 unspecified atom stereocenters. The van der Waals surface area contributed by atoms with Gasteiger partial charge >= 0.3 is 0 Å². The van der Waals surface area contributed by atoms with Crippen LogP contribution >= 0.6 is 27.3 Å². The molecular weight excluding hydrogens is 348 g/mol. The van der Waals surface area contributed by atoms with Gasteiger partial charge in [-0.25, -0.2) is 8.42 Å². The van der Waals surface area contributed by atoms with Crippen molar-refractivity contribution in [1.82, 2.24) is 0 Å². The Morgan fingerprint density at radius 1 is 1.37 bits per heavy atom. The van der Waals surface area contributed by atoms with Gasteiger partial charge in [-0.3, -0.25) is 4.72 Å². The molecule has 4 nitrogen and oxygen atoms in total. The van der Waals surface area contributed by atoms with Gasteiger partial charge in [0, 0.05) is 11.0 Å². The molecule has 0 bridgehead atoms. The summed E-state index contributed by atoms with van der Waals surface area (Å²) < 4.78 is 28.0. The maximum Gasteiger partial charge on any atom is 0.271 e. The molecule has 2 rings (SSSR count). The number of benzene rings is 1. The van der Waals surface area contributed by atoms with Gasteiger partial charge in [0.25, 0.3) is 10.0 Å². The summed E-state index contributed by atoms with van der Waals surface area (Å²) in [7, 11) is -3.55. The molecule has 0 atom stereocenters. The molecule has 0 fully saturated rings. The second-order valence-electron chi connectivity index (χ2n) is 4.07. The Bertz CT molecular complexity index is 696. The standard InChI is InChI=1S/C12H13BrN2O2S2/c1-8-2-3-11(10(13)4-8)15-19(16,17)12-5-9(6-14)7-18-12/h2-5,7,15H,6,14H2,1H3. The average Bonchev–Trinajstić information content (AvgIpc) is 2.82. The van der Waals surface area contributed by atoms with Gasteiger partial charge in [-0.05, 0) is 57.6 Å². The van der Waals surface area contributed by atoms with Crippen LogP contribution in [0.15, 0.2) is 38.3 Å². The summed E-state index contributed by atoms with van der Waals surface area (Å²) in [6, 6.07) is 7.03. The molecule has 0 spiro atoms. The molecule has 0 aliphatic carbocycles. The Morgan fingerprint density at radius 2 is 2.11 bits per heavy atom. The van der Waals surface area contributed by atoms with E-state index in [-0.39, 0.29) is 4.21 Å². The van der Waals surface area contributed by atoms with E-state index < -0.39 is 10.0 Å². The highest BCUT2D eigenvalue weighted by Gasteiger charge is 2.17. The zero-order valence-corrected chi connectivity index (χ0v) is 13.4. The van der Waals surface area contributed by atoms with Crippen molar-refractivity contribution in [1.29, 1.82) is 0 Å². The molecule has 19 heavy (non-hydrogen) atoms. The normalized spacial score (nSPS) is 11.5. The third kappa shape index (κ3) is 3.36. The van der Waals surface area contributed by atoms with Crippen molar-refractivity contribution in [3.05, 3.63) is 45.2 Å². The molecule has 0 amide bonds. The highest BCUT2D eigenvalue weighted by atomic mass is 79.9. The lowest BCUT2D eigenvalue weighted by Gasteiger charge is -2.08. The molecule has 2 aromatic rings. The summed E-state index contributed by atoms with van der Waals surface area (Å²) in [6.45, 7) is 2.27. The lowest BCUT2D eigenvalue weighted by atomic mass is 10.2. The zero-order valence-electron chi connectivity index (χ0n) is 10.2. The van der Waals surface area contributed by atoms with Gasteiger partial charge in [0.05, 0.1) is 5.69 Å². The number of rotatable bonds is 4. The lowest BCUT2D eigenvalue weighted by molar-refractivity contribution is 0.603. The molecule has 0 aliphatic rings. The molecule has 1 aromatic carbocycles. The minimum Gasteiger partial charge on any atom is -0.326 e. The van der Waals surface area contributed by atoms with E-state index in [1.807, 2.05) is 19.1 Å². The number of hydrogen-bond acceptors (Lipinski definition) is 4. The van der Waals surface area contributed by atoms with Crippen LogP contribution in [0, 0.1) is 6.92 Å². The van der Waals surface area contributed by atoms with Gasteiger partial charge in [-0.2, -0.15) is 0 Å². The summed E-state index contributed by atoms with van der Waals surface area (Å²) in [5, 5.41) is 1.75. The fraction of sp³-hybridized carbons (Fsp3) is 0.167. The van der Waals surface area contributed by atoms with Gasteiger partial charge in [-0.15, -0.1) is 11.3 Å². The average molecular weight is 361 g/mol. The van der Waals surface area contributed by atoms with Crippen LogP contribution in [-0.4, -0.2) is 8.42 Å². The van der Waals surface area contributed by atoms with Crippen molar-refractivity contribution in [3.63, 3.8) is 0 Å². The van der Waals surface area contributed by atoms with Crippen LogP contribution < -0.4 is 10.5 Å². The van der Waals surface area contributed by atoms with E-state index in [1.165, 1.54) is 0 Å². The van der Waals surface area contributed by atoms with Gasteiger partial charge in [0.1, 0.15) is 4.21 Å². The first-order valence-electron chi connectivity index (χ1n) is 5.49. The topological polar surface area (TPSA) is 72.2 Å².